The van der Waals surface area contributed by atoms with E-state index in [1.165, 1.54) is 0 Å². The molecule has 2 N–H and O–H groups in total. The molecule has 1 saturated carbocycles. The molecule has 4 nitrogen and oxygen atoms in total. The van der Waals surface area contributed by atoms with Gasteiger partial charge >= 0.3 is 6.09 Å². The Morgan fingerprint density at radius 3 is 2.40 bits per heavy atom. The van der Waals surface area contributed by atoms with Crippen molar-refractivity contribution in [1.29, 1.82) is 0 Å². The van der Waals surface area contributed by atoms with Crippen molar-refractivity contribution in [2.75, 3.05) is 0 Å². The highest BCUT2D eigenvalue weighted by molar-refractivity contribution is 5.68. The molecule has 15 heavy (non-hydrogen) atoms. The smallest absolute Gasteiger partial charge is 0.407 e. The Hall–Kier alpha value is -0.770. The number of hydrogen-bond acceptors (Lipinski definition) is 3. The number of amides is 1. The fourth-order valence-corrected chi connectivity index (χ4v) is 1.82. The zero-order valence-electron chi connectivity index (χ0n) is 9.91. The summed E-state index contributed by atoms with van der Waals surface area (Å²) in [4.78, 5) is 11.4. The van der Waals surface area contributed by atoms with Gasteiger partial charge in [-0.25, -0.2) is 4.79 Å². The van der Waals surface area contributed by atoms with Crippen molar-refractivity contribution in [1.82, 2.24) is 5.32 Å². The van der Waals surface area contributed by atoms with E-state index in [4.69, 9.17) is 4.74 Å². The van der Waals surface area contributed by atoms with E-state index in [0.29, 0.717) is 6.42 Å². The molecular formula is C11H21NO3. The van der Waals surface area contributed by atoms with Crippen molar-refractivity contribution in [3.05, 3.63) is 0 Å². The summed E-state index contributed by atoms with van der Waals surface area (Å²) in [5, 5.41) is 12.3. The first-order valence-corrected chi connectivity index (χ1v) is 5.45. The molecule has 1 rings (SSSR count). The van der Waals surface area contributed by atoms with E-state index < -0.39 is 11.7 Å². The first-order valence-electron chi connectivity index (χ1n) is 5.45. The van der Waals surface area contributed by atoms with Gasteiger partial charge in [0, 0.05) is 6.04 Å². The molecule has 0 bridgehead atoms. The second kappa shape index (κ2) is 4.39. The van der Waals surface area contributed by atoms with Crippen LogP contribution < -0.4 is 5.32 Å². The number of carbonyl (C=O) groups excluding carboxylic acids is 1. The van der Waals surface area contributed by atoms with E-state index in [-0.39, 0.29) is 18.1 Å². The summed E-state index contributed by atoms with van der Waals surface area (Å²) >= 11 is 0. The third-order valence-corrected chi connectivity index (χ3v) is 2.56. The lowest BCUT2D eigenvalue weighted by molar-refractivity contribution is 0.0502. The SMILES string of the molecule is C[C@H]1C[C@H](NC(=O)OC(C)(C)C)C[C@@H]1O. The van der Waals surface area contributed by atoms with Gasteiger partial charge in [-0.2, -0.15) is 0 Å². The molecule has 4 heteroatoms. The van der Waals surface area contributed by atoms with Crippen LogP contribution in [0.5, 0.6) is 0 Å². The molecule has 88 valence electrons. The maximum atomic E-state index is 11.4. The maximum absolute atomic E-state index is 11.4. The Morgan fingerprint density at radius 1 is 1.40 bits per heavy atom. The molecule has 0 radical (unpaired) electrons. The highest BCUT2D eigenvalue weighted by Crippen LogP contribution is 2.25. The molecule has 1 aliphatic rings. The quantitative estimate of drug-likeness (QED) is 0.699. The number of alkyl carbamates (subject to hydrolysis) is 1. The van der Waals surface area contributed by atoms with Gasteiger partial charge in [0.2, 0.25) is 0 Å². The number of hydrogen-bond donors (Lipinski definition) is 2. The molecule has 0 spiro atoms. The fourth-order valence-electron chi connectivity index (χ4n) is 1.82. The maximum Gasteiger partial charge on any atom is 0.407 e. The van der Waals surface area contributed by atoms with Crippen LogP contribution in [0.15, 0.2) is 0 Å². The number of aliphatic hydroxyl groups is 1. The minimum absolute atomic E-state index is 0.0462. The Bertz CT molecular complexity index is 224. The minimum atomic E-state index is -0.465. The molecule has 1 aliphatic carbocycles. The van der Waals surface area contributed by atoms with Crippen LogP contribution in [-0.4, -0.2) is 28.9 Å². The number of carbonyl (C=O) groups is 1. The van der Waals surface area contributed by atoms with Gasteiger partial charge in [-0.05, 0) is 39.5 Å². The highest BCUT2D eigenvalue weighted by Gasteiger charge is 2.31. The highest BCUT2D eigenvalue weighted by atomic mass is 16.6. The van der Waals surface area contributed by atoms with Crippen LogP contribution in [0.2, 0.25) is 0 Å². The van der Waals surface area contributed by atoms with Gasteiger partial charge in [0.25, 0.3) is 0 Å². The Labute approximate surface area is 91.0 Å². The molecule has 0 aliphatic heterocycles. The van der Waals surface area contributed by atoms with E-state index in [1.807, 2.05) is 27.7 Å². The monoisotopic (exact) mass is 215 g/mol. The lowest BCUT2D eigenvalue weighted by Crippen LogP contribution is -2.38. The predicted molar refractivity (Wildman–Crippen MR) is 57.6 cm³/mol. The Kier molecular flexibility index (Phi) is 3.60. The molecule has 0 heterocycles. The summed E-state index contributed by atoms with van der Waals surface area (Å²) in [6.07, 6.45) is 0.750. The lowest BCUT2D eigenvalue weighted by atomic mass is 10.1. The van der Waals surface area contributed by atoms with Crippen LogP contribution in [0.1, 0.15) is 40.5 Å². The predicted octanol–water partition coefficient (Wildman–Crippen LogP) is 1.67. The normalized spacial score (nSPS) is 31.4. The fraction of sp³-hybridized carbons (Fsp3) is 0.909. The number of aliphatic hydroxyl groups excluding tert-OH is 1. The lowest BCUT2D eigenvalue weighted by Gasteiger charge is -2.21. The zero-order chi connectivity index (χ0) is 11.6. The summed E-state index contributed by atoms with van der Waals surface area (Å²) in [6, 6.07) is 0.0462. The van der Waals surface area contributed by atoms with Gasteiger partial charge < -0.3 is 15.2 Å². The van der Waals surface area contributed by atoms with Crippen LogP contribution in [0.3, 0.4) is 0 Å². The molecule has 1 fully saturated rings. The molecular weight excluding hydrogens is 194 g/mol. The topological polar surface area (TPSA) is 58.6 Å². The van der Waals surface area contributed by atoms with E-state index in [0.717, 1.165) is 6.42 Å². The molecule has 3 atom stereocenters. The first kappa shape index (κ1) is 12.3. The van der Waals surface area contributed by atoms with Crippen molar-refractivity contribution in [3.8, 4) is 0 Å². The van der Waals surface area contributed by atoms with Gasteiger partial charge in [0.1, 0.15) is 5.60 Å². The first-order chi connectivity index (χ1) is 6.78. The summed E-state index contributed by atoms with van der Waals surface area (Å²) in [5.41, 5.74) is -0.465. The van der Waals surface area contributed by atoms with Crippen molar-refractivity contribution in [3.63, 3.8) is 0 Å². The van der Waals surface area contributed by atoms with Gasteiger partial charge in [0.05, 0.1) is 6.10 Å². The summed E-state index contributed by atoms with van der Waals surface area (Å²) in [5.74, 6) is 0.255. The molecule has 0 unspecified atom stereocenters. The van der Waals surface area contributed by atoms with Crippen molar-refractivity contribution < 1.29 is 14.6 Å². The van der Waals surface area contributed by atoms with E-state index in [9.17, 15) is 9.90 Å². The van der Waals surface area contributed by atoms with Crippen LogP contribution in [0.4, 0.5) is 4.79 Å². The Morgan fingerprint density at radius 2 is 2.00 bits per heavy atom. The third-order valence-electron chi connectivity index (χ3n) is 2.56. The summed E-state index contributed by atoms with van der Waals surface area (Å²) < 4.78 is 5.14. The average molecular weight is 215 g/mol. The molecule has 1 amide bonds. The summed E-state index contributed by atoms with van der Waals surface area (Å²) in [7, 11) is 0. The van der Waals surface area contributed by atoms with Crippen molar-refractivity contribution in [2.24, 2.45) is 5.92 Å². The van der Waals surface area contributed by atoms with E-state index in [1.54, 1.807) is 0 Å². The number of ether oxygens (including phenoxy) is 1. The zero-order valence-corrected chi connectivity index (χ0v) is 9.91. The molecule has 0 aromatic heterocycles. The summed E-state index contributed by atoms with van der Waals surface area (Å²) in [6.45, 7) is 7.48. The molecule has 0 aromatic carbocycles. The third kappa shape index (κ3) is 4.08. The average Bonchev–Trinajstić information content (AvgIpc) is 2.26. The van der Waals surface area contributed by atoms with E-state index in [2.05, 4.69) is 5.32 Å². The standard InChI is InChI=1S/C11H21NO3/c1-7-5-8(6-9(7)13)12-10(14)15-11(2,3)4/h7-9,13H,5-6H2,1-4H3,(H,12,14)/t7-,8-,9-/m0/s1. The molecule has 0 aromatic rings. The van der Waals surface area contributed by atoms with Crippen LogP contribution >= 0.6 is 0 Å². The minimum Gasteiger partial charge on any atom is -0.444 e. The molecule has 0 saturated heterocycles. The number of nitrogens with one attached hydrogen (secondary N) is 1. The van der Waals surface area contributed by atoms with Gasteiger partial charge in [-0.15, -0.1) is 0 Å². The Balaban J connectivity index is 2.34. The van der Waals surface area contributed by atoms with Crippen LogP contribution in [-0.2, 0) is 4.74 Å². The van der Waals surface area contributed by atoms with Gasteiger partial charge in [-0.1, -0.05) is 6.92 Å². The largest absolute Gasteiger partial charge is 0.444 e. The van der Waals surface area contributed by atoms with Crippen molar-refractivity contribution >= 4 is 6.09 Å². The second-order valence-corrected chi connectivity index (χ2v) is 5.36. The van der Waals surface area contributed by atoms with Crippen LogP contribution in [0.25, 0.3) is 0 Å². The van der Waals surface area contributed by atoms with Gasteiger partial charge in [-0.3, -0.25) is 0 Å². The van der Waals surface area contributed by atoms with Crippen molar-refractivity contribution in [2.45, 2.75) is 58.3 Å². The number of rotatable bonds is 1. The van der Waals surface area contributed by atoms with E-state index >= 15 is 0 Å². The van der Waals surface area contributed by atoms with Crippen LogP contribution in [0, 0.1) is 5.92 Å². The van der Waals surface area contributed by atoms with Gasteiger partial charge in [0.15, 0.2) is 0 Å². The second-order valence-electron chi connectivity index (χ2n) is 5.36.